The first-order valence-electron chi connectivity index (χ1n) is 6.98. The summed E-state index contributed by atoms with van der Waals surface area (Å²) in [6.07, 6.45) is 2.88. The van der Waals surface area contributed by atoms with E-state index in [-0.39, 0.29) is 18.9 Å². The van der Waals surface area contributed by atoms with Gasteiger partial charge in [-0.1, -0.05) is 13.8 Å². The summed E-state index contributed by atoms with van der Waals surface area (Å²) in [5.74, 6) is 2.41. The van der Waals surface area contributed by atoms with Gasteiger partial charge in [0.15, 0.2) is 11.5 Å². The smallest absolute Gasteiger partial charge is 0.231 e. The van der Waals surface area contributed by atoms with Gasteiger partial charge in [-0.3, -0.25) is 0 Å². The van der Waals surface area contributed by atoms with E-state index in [1.165, 1.54) is 0 Å². The third-order valence-corrected chi connectivity index (χ3v) is 3.47. The number of nitrogens with two attached hydrogens (primary N) is 1. The first kappa shape index (κ1) is 14.0. The fourth-order valence-electron chi connectivity index (χ4n) is 1.96. The lowest BCUT2D eigenvalue weighted by molar-refractivity contribution is 0.173. The van der Waals surface area contributed by atoms with Crippen LogP contribution in [-0.4, -0.2) is 18.9 Å². The van der Waals surface area contributed by atoms with Gasteiger partial charge in [0.1, 0.15) is 5.75 Å². The monoisotopic (exact) mass is 265 g/mol. The molecule has 0 aromatic heterocycles. The van der Waals surface area contributed by atoms with Crippen LogP contribution in [0, 0.1) is 0 Å². The lowest BCUT2D eigenvalue weighted by Gasteiger charge is -2.18. The topological polar surface area (TPSA) is 53.7 Å². The number of rotatable bonds is 6. The van der Waals surface area contributed by atoms with Crippen molar-refractivity contribution in [2.75, 3.05) is 6.79 Å². The maximum absolute atomic E-state index is 6.05. The van der Waals surface area contributed by atoms with E-state index in [2.05, 4.69) is 20.8 Å². The van der Waals surface area contributed by atoms with Crippen molar-refractivity contribution in [3.8, 4) is 17.2 Å². The molecule has 1 aromatic carbocycles. The SMILES string of the molecule is CCC(N)Cc1cc2c(cc1OC(C)CC)OCO2. The molecular formula is C15H23NO3. The Hall–Kier alpha value is -1.42. The fraction of sp³-hybridized carbons (Fsp3) is 0.600. The second-order valence-electron chi connectivity index (χ2n) is 5.02. The largest absolute Gasteiger partial charge is 0.490 e. The highest BCUT2D eigenvalue weighted by molar-refractivity contribution is 5.52. The Morgan fingerprint density at radius 2 is 1.89 bits per heavy atom. The van der Waals surface area contributed by atoms with E-state index in [1.54, 1.807) is 0 Å². The van der Waals surface area contributed by atoms with E-state index in [0.717, 1.165) is 42.1 Å². The standard InChI is InChI=1S/C15H23NO3/c1-4-10(3)19-13-8-15-14(17-9-18-15)7-11(13)6-12(16)5-2/h7-8,10,12H,4-6,9,16H2,1-3H3. The van der Waals surface area contributed by atoms with Gasteiger partial charge in [0.2, 0.25) is 6.79 Å². The summed E-state index contributed by atoms with van der Waals surface area (Å²) in [7, 11) is 0. The summed E-state index contributed by atoms with van der Waals surface area (Å²) < 4.78 is 16.8. The van der Waals surface area contributed by atoms with Crippen LogP contribution >= 0.6 is 0 Å². The van der Waals surface area contributed by atoms with Crippen molar-refractivity contribution in [2.45, 2.75) is 52.2 Å². The van der Waals surface area contributed by atoms with Crippen molar-refractivity contribution in [1.29, 1.82) is 0 Å². The van der Waals surface area contributed by atoms with Crippen molar-refractivity contribution in [2.24, 2.45) is 5.73 Å². The van der Waals surface area contributed by atoms with Crippen LogP contribution in [0.4, 0.5) is 0 Å². The van der Waals surface area contributed by atoms with Crippen LogP contribution in [-0.2, 0) is 6.42 Å². The molecule has 0 saturated heterocycles. The Kier molecular flexibility index (Phi) is 4.53. The summed E-state index contributed by atoms with van der Waals surface area (Å²) >= 11 is 0. The zero-order valence-electron chi connectivity index (χ0n) is 11.9. The van der Waals surface area contributed by atoms with Gasteiger partial charge in [0.25, 0.3) is 0 Å². The lowest BCUT2D eigenvalue weighted by atomic mass is 10.0. The summed E-state index contributed by atoms with van der Waals surface area (Å²) in [6, 6.07) is 4.06. The van der Waals surface area contributed by atoms with Crippen LogP contribution in [0.1, 0.15) is 39.2 Å². The molecule has 2 unspecified atom stereocenters. The summed E-state index contributed by atoms with van der Waals surface area (Å²) in [6.45, 7) is 6.54. The van der Waals surface area contributed by atoms with Crippen LogP contribution in [0.25, 0.3) is 0 Å². The molecule has 4 nitrogen and oxygen atoms in total. The number of ether oxygens (including phenoxy) is 3. The molecule has 1 aromatic rings. The third kappa shape index (κ3) is 3.32. The van der Waals surface area contributed by atoms with Gasteiger partial charge in [0.05, 0.1) is 6.10 Å². The highest BCUT2D eigenvalue weighted by Gasteiger charge is 2.20. The Balaban J connectivity index is 2.26. The summed E-state index contributed by atoms with van der Waals surface area (Å²) in [5, 5.41) is 0. The van der Waals surface area contributed by atoms with E-state index >= 15 is 0 Å². The molecule has 1 aliphatic rings. The van der Waals surface area contributed by atoms with Gasteiger partial charge in [-0.05, 0) is 37.8 Å². The fourth-order valence-corrected chi connectivity index (χ4v) is 1.96. The minimum absolute atomic E-state index is 0.139. The van der Waals surface area contributed by atoms with Gasteiger partial charge in [-0.2, -0.15) is 0 Å². The zero-order chi connectivity index (χ0) is 13.8. The number of hydrogen-bond acceptors (Lipinski definition) is 4. The van der Waals surface area contributed by atoms with Gasteiger partial charge in [-0.15, -0.1) is 0 Å². The molecule has 1 aliphatic heterocycles. The van der Waals surface area contributed by atoms with E-state index < -0.39 is 0 Å². The predicted molar refractivity (Wildman–Crippen MR) is 74.9 cm³/mol. The number of benzene rings is 1. The average molecular weight is 265 g/mol. The van der Waals surface area contributed by atoms with Crippen molar-refractivity contribution in [3.63, 3.8) is 0 Å². The van der Waals surface area contributed by atoms with E-state index in [9.17, 15) is 0 Å². The maximum atomic E-state index is 6.05. The van der Waals surface area contributed by atoms with Crippen molar-refractivity contribution in [3.05, 3.63) is 17.7 Å². The van der Waals surface area contributed by atoms with E-state index in [1.807, 2.05) is 12.1 Å². The van der Waals surface area contributed by atoms with Gasteiger partial charge < -0.3 is 19.9 Å². The van der Waals surface area contributed by atoms with Crippen LogP contribution in [0.2, 0.25) is 0 Å². The summed E-state index contributed by atoms with van der Waals surface area (Å²) in [4.78, 5) is 0. The highest BCUT2D eigenvalue weighted by atomic mass is 16.7. The van der Waals surface area contributed by atoms with E-state index in [0.29, 0.717) is 0 Å². The Bertz CT molecular complexity index is 395. The molecule has 106 valence electrons. The molecule has 0 aliphatic carbocycles. The Morgan fingerprint density at radius 1 is 1.21 bits per heavy atom. The molecule has 1 heterocycles. The van der Waals surface area contributed by atoms with Gasteiger partial charge >= 0.3 is 0 Å². The Morgan fingerprint density at radius 3 is 2.53 bits per heavy atom. The molecule has 2 rings (SSSR count). The molecule has 2 N–H and O–H groups in total. The molecule has 19 heavy (non-hydrogen) atoms. The molecule has 0 saturated carbocycles. The molecule has 0 fully saturated rings. The molecule has 0 amide bonds. The molecule has 0 radical (unpaired) electrons. The molecule has 0 bridgehead atoms. The average Bonchev–Trinajstić information content (AvgIpc) is 2.85. The lowest BCUT2D eigenvalue weighted by Crippen LogP contribution is -2.22. The second-order valence-corrected chi connectivity index (χ2v) is 5.02. The third-order valence-electron chi connectivity index (χ3n) is 3.47. The maximum Gasteiger partial charge on any atom is 0.231 e. The Labute approximate surface area is 114 Å². The second kappa shape index (κ2) is 6.15. The molecule has 2 atom stereocenters. The quantitative estimate of drug-likeness (QED) is 0.859. The normalized spacial score (nSPS) is 16.2. The minimum atomic E-state index is 0.139. The first-order chi connectivity index (χ1) is 9.13. The van der Waals surface area contributed by atoms with Gasteiger partial charge in [-0.25, -0.2) is 0 Å². The van der Waals surface area contributed by atoms with Crippen LogP contribution in [0.15, 0.2) is 12.1 Å². The van der Waals surface area contributed by atoms with Crippen molar-refractivity contribution in [1.82, 2.24) is 0 Å². The predicted octanol–water partition coefficient (Wildman–Crippen LogP) is 2.87. The number of hydrogen-bond donors (Lipinski definition) is 1. The van der Waals surface area contributed by atoms with E-state index in [4.69, 9.17) is 19.9 Å². The van der Waals surface area contributed by atoms with Crippen molar-refractivity contribution >= 4 is 0 Å². The molecular weight excluding hydrogens is 242 g/mol. The number of fused-ring (bicyclic) bond motifs is 1. The van der Waals surface area contributed by atoms with Crippen molar-refractivity contribution < 1.29 is 14.2 Å². The highest BCUT2D eigenvalue weighted by Crippen LogP contribution is 2.39. The van der Waals surface area contributed by atoms with Crippen LogP contribution in [0.5, 0.6) is 17.2 Å². The zero-order valence-corrected chi connectivity index (χ0v) is 11.9. The van der Waals surface area contributed by atoms with Crippen LogP contribution < -0.4 is 19.9 Å². The minimum Gasteiger partial charge on any atom is -0.490 e. The summed E-state index contributed by atoms with van der Waals surface area (Å²) in [5.41, 5.74) is 7.15. The van der Waals surface area contributed by atoms with Gasteiger partial charge in [0, 0.05) is 12.1 Å². The van der Waals surface area contributed by atoms with Crippen LogP contribution in [0.3, 0.4) is 0 Å². The molecule has 0 spiro atoms. The molecule has 4 heteroatoms. The first-order valence-corrected chi connectivity index (χ1v) is 6.98.